The maximum Gasteiger partial charge on any atom is 0.159 e. The molecule has 5 heteroatoms. The van der Waals surface area contributed by atoms with Crippen LogP contribution in [0.25, 0.3) is 16.9 Å². The van der Waals surface area contributed by atoms with Gasteiger partial charge in [-0.1, -0.05) is 0 Å². The zero-order chi connectivity index (χ0) is 12.7. The number of imidazole rings is 1. The lowest BCUT2D eigenvalue weighted by molar-refractivity contribution is 0.509. The summed E-state index contributed by atoms with van der Waals surface area (Å²) in [6.45, 7) is 0. The van der Waals surface area contributed by atoms with Crippen LogP contribution in [0.15, 0.2) is 42.7 Å². The van der Waals surface area contributed by atoms with E-state index < -0.39 is 11.6 Å². The molecule has 0 spiro atoms. The summed E-state index contributed by atoms with van der Waals surface area (Å²) in [6, 6.07) is 7.61. The van der Waals surface area contributed by atoms with Crippen LogP contribution in [0, 0.1) is 15.2 Å². The predicted molar refractivity (Wildman–Crippen MR) is 73.3 cm³/mol. The van der Waals surface area contributed by atoms with Gasteiger partial charge in [0.2, 0.25) is 0 Å². The molecule has 2 heterocycles. The van der Waals surface area contributed by atoms with Gasteiger partial charge in [-0.3, -0.25) is 0 Å². The molecule has 1 aromatic carbocycles. The molecule has 0 bridgehead atoms. The maximum absolute atomic E-state index is 13.2. The Balaban J connectivity index is 2.16. The van der Waals surface area contributed by atoms with Crippen LogP contribution < -0.4 is 0 Å². The third kappa shape index (κ3) is 1.98. The van der Waals surface area contributed by atoms with Gasteiger partial charge in [-0.2, -0.15) is 0 Å². The van der Waals surface area contributed by atoms with E-state index in [1.165, 1.54) is 6.07 Å². The SMILES string of the molecule is Fc1ccc(-c2cn3cc(I)ccc3n2)cc1F. The highest BCUT2D eigenvalue weighted by Crippen LogP contribution is 2.21. The molecular weight excluding hydrogens is 349 g/mol. The first-order valence-corrected chi connectivity index (χ1v) is 6.31. The molecule has 90 valence electrons. The third-order valence-electron chi connectivity index (χ3n) is 2.63. The molecule has 0 aliphatic carbocycles. The number of benzene rings is 1. The molecule has 18 heavy (non-hydrogen) atoms. The molecule has 3 aromatic rings. The smallest absolute Gasteiger partial charge is 0.159 e. The number of pyridine rings is 1. The number of rotatable bonds is 1. The Hall–Kier alpha value is -1.50. The second-order valence-corrected chi connectivity index (χ2v) is 5.11. The van der Waals surface area contributed by atoms with E-state index in [1.807, 2.05) is 22.7 Å². The first kappa shape index (κ1) is 11.6. The molecule has 2 aromatic heterocycles. The maximum atomic E-state index is 13.2. The summed E-state index contributed by atoms with van der Waals surface area (Å²) in [6.07, 6.45) is 3.72. The Morgan fingerprint density at radius 2 is 1.83 bits per heavy atom. The third-order valence-corrected chi connectivity index (χ3v) is 3.27. The van der Waals surface area contributed by atoms with Crippen molar-refractivity contribution < 1.29 is 8.78 Å². The zero-order valence-electron chi connectivity index (χ0n) is 9.07. The van der Waals surface area contributed by atoms with E-state index >= 15 is 0 Å². The van der Waals surface area contributed by atoms with Crippen LogP contribution in [-0.2, 0) is 0 Å². The summed E-state index contributed by atoms with van der Waals surface area (Å²) in [5, 5.41) is 0. The van der Waals surface area contributed by atoms with Gasteiger partial charge in [0.15, 0.2) is 11.6 Å². The van der Waals surface area contributed by atoms with Crippen molar-refractivity contribution in [2.75, 3.05) is 0 Å². The van der Waals surface area contributed by atoms with Crippen LogP contribution in [0.3, 0.4) is 0 Å². The average Bonchev–Trinajstić information content (AvgIpc) is 2.75. The van der Waals surface area contributed by atoms with Crippen LogP contribution in [0.5, 0.6) is 0 Å². The van der Waals surface area contributed by atoms with Gasteiger partial charge in [0.25, 0.3) is 0 Å². The summed E-state index contributed by atoms with van der Waals surface area (Å²) in [5.41, 5.74) is 1.96. The molecule has 0 saturated heterocycles. The minimum atomic E-state index is -0.862. The van der Waals surface area contributed by atoms with Crippen molar-refractivity contribution in [1.29, 1.82) is 0 Å². The molecule has 0 aliphatic rings. The first-order chi connectivity index (χ1) is 8.63. The molecule has 0 amide bonds. The quantitative estimate of drug-likeness (QED) is 0.605. The van der Waals surface area contributed by atoms with E-state index in [9.17, 15) is 8.78 Å². The van der Waals surface area contributed by atoms with Crippen LogP contribution in [0.4, 0.5) is 8.78 Å². The van der Waals surface area contributed by atoms with Crippen LogP contribution in [-0.4, -0.2) is 9.38 Å². The average molecular weight is 356 g/mol. The Labute approximate surface area is 115 Å². The summed E-state index contributed by atoms with van der Waals surface area (Å²) < 4.78 is 29.0. The van der Waals surface area contributed by atoms with Crippen LogP contribution >= 0.6 is 22.6 Å². The normalized spacial score (nSPS) is 11.1. The fraction of sp³-hybridized carbons (Fsp3) is 0. The lowest BCUT2D eigenvalue weighted by Gasteiger charge is -1.97. The Kier molecular flexibility index (Phi) is 2.77. The fourth-order valence-electron chi connectivity index (χ4n) is 1.76. The minimum absolute atomic E-state index is 0.563. The van der Waals surface area contributed by atoms with E-state index in [2.05, 4.69) is 27.6 Å². The standard InChI is InChI=1S/C13H7F2IN2/c14-10-3-1-8(5-11(10)15)12-7-18-6-9(16)2-4-13(18)17-12/h1-7H. The van der Waals surface area contributed by atoms with Crippen molar-refractivity contribution >= 4 is 28.2 Å². The molecular formula is C13H7F2IN2. The second-order valence-electron chi connectivity index (χ2n) is 3.87. The molecule has 0 aliphatic heterocycles. The molecule has 0 N–H and O–H groups in total. The highest BCUT2D eigenvalue weighted by molar-refractivity contribution is 14.1. The summed E-state index contributed by atoms with van der Waals surface area (Å²) in [4.78, 5) is 4.37. The topological polar surface area (TPSA) is 17.3 Å². The van der Waals surface area contributed by atoms with Crippen molar-refractivity contribution in [2.45, 2.75) is 0 Å². The molecule has 0 fully saturated rings. The van der Waals surface area contributed by atoms with E-state index in [4.69, 9.17) is 0 Å². The van der Waals surface area contributed by atoms with E-state index in [0.717, 1.165) is 21.4 Å². The molecule has 0 atom stereocenters. The highest BCUT2D eigenvalue weighted by atomic mass is 127. The van der Waals surface area contributed by atoms with Gasteiger partial charge < -0.3 is 4.40 Å². The molecule has 0 unspecified atom stereocenters. The van der Waals surface area contributed by atoms with E-state index in [0.29, 0.717) is 11.3 Å². The monoisotopic (exact) mass is 356 g/mol. The molecule has 2 nitrogen and oxygen atoms in total. The highest BCUT2D eigenvalue weighted by Gasteiger charge is 2.08. The van der Waals surface area contributed by atoms with Crippen molar-refractivity contribution in [3.63, 3.8) is 0 Å². The van der Waals surface area contributed by atoms with Crippen LogP contribution in [0.2, 0.25) is 0 Å². The lowest BCUT2D eigenvalue weighted by atomic mass is 10.1. The van der Waals surface area contributed by atoms with Gasteiger partial charge in [-0.15, -0.1) is 0 Å². The molecule has 0 saturated carbocycles. The first-order valence-electron chi connectivity index (χ1n) is 5.23. The predicted octanol–water partition coefficient (Wildman–Crippen LogP) is 3.88. The number of nitrogens with zero attached hydrogens (tertiary/aromatic N) is 2. The van der Waals surface area contributed by atoms with Gasteiger partial charge in [-0.05, 0) is 52.9 Å². The van der Waals surface area contributed by atoms with Gasteiger partial charge >= 0.3 is 0 Å². The summed E-state index contributed by atoms with van der Waals surface area (Å²) in [7, 11) is 0. The molecule has 0 radical (unpaired) electrons. The van der Waals surface area contributed by atoms with Crippen molar-refractivity contribution in [1.82, 2.24) is 9.38 Å². The Bertz CT molecular complexity index is 737. The molecule has 3 rings (SSSR count). The number of hydrogen-bond acceptors (Lipinski definition) is 1. The Morgan fingerprint density at radius 1 is 1.00 bits per heavy atom. The van der Waals surface area contributed by atoms with Crippen molar-refractivity contribution in [3.05, 3.63) is 57.9 Å². The fourth-order valence-corrected chi connectivity index (χ4v) is 2.24. The van der Waals surface area contributed by atoms with Crippen LogP contribution in [0.1, 0.15) is 0 Å². The van der Waals surface area contributed by atoms with Gasteiger partial charge in [0.05, 0.1) is 5.69 Å². The van der Waals surface area contributed by atoms with Crippen molar-refractivity contribution in [3.8, 4) is 11.3 Å². The number of hydrogen-bond donors (Lipinski definition) is 0. The Morgan fingerprint density at radius 3 is 2.61 bits per heavy atom. The van der Waals surface area contributed by atoms with Crippen molar-refractivity contribution in [2.24, 2.45) is 0 Å². The van der Waals surface area contributed by atoms with Gasteiger partial charge in [0.1, 0.15) is 5.65 Å². The van der Waals surface area contributed by atoms with Gasteiger partial charge in [0, 0.05) is 21.5 Å². The van der Waals surface area contributed by atoms with E-state index in [-0.39, 0.29) is 0 Å². The zero-order valence-corrected chi connectivity index (χ0v) is 11.2. The second kappa shape index (κ2) is 4.31. The lowest BCUT2D eigenvalue weighted by Crippen LogP contribution is -1.85. The number of aromatic nitrogens is 2. The number of fused-ring (bicyclic) bond motifs is 1. The summed E-state index contributed by atoms with van der Waals surface area (Å²) >= 11 is 2.20. The summed E-state index contributed by atoms with van der Waals surface area (Å²) in [5.74, 6) is -1.71. The van der Waals surface area contributed by atoms with E-state index in [1.54, 1.807) is 6.20 Å². The largest absolute Gasteiger partial charge is 0.305 e. The van der Waals surface area contributed by atoms with Gasteiger partial charge in [-0.25, -0.2) is 13.8 Å². The minimum Gasteiger partial charge on any atom is -0.305 e. The number of halogens is 3.